The number of hydrogen-bond acceptors (Lipinski definition) is 3. The van der Waals surface area contributed by atoms with Crippen LogP contribution in [0.4, 0.5) is 5.69 Å². The van der Waals surface area contributed by atoms with E-state index in [1.807, 2.05) is 25.1 Å². The molecular weight excluding hydrogens is 298 g/mol. The van der Waals surface area contributed by atoms with Gasteiger partial charge in [0.25, 0.3) is 0 Å². The fraction of sp³-hybridized carbons (Fsp3) is 0.650. The Balaban J connectivity index is 1.94. The third kappa shape index (κ3) is 5.05. The van der Waals surface area contributed by atoms with Gasteiger partial charge < -0.3 is 10.2 Å². The quantitative estimate of drug-likeness (QED) is 0.868. The standard InChI is InChI=1S/C20H33N3O/c1-15(2)18-10-6-7-11-19(18)21-20(24)16(3)23(5)14-17-9-8-12-22(4)13-17/h6-7,10-11,15-17H,8-9,12-14H2,1-5H3,(H,21,24)/t16-,17+/m1/s1. The lowest BCUT2D eigenvalue weighted by molar-refractivity contribution is -0.120. The van der Waals surface area contributed by atoms with Gasteiger partial charge in [-0.05, 0) is 63.9 Å². The molecule has 0 aromatic heterocycles. The Morgan fingerprint density at radius 2 is 2.04 bits per heavy atom. The number of carbonyl (C=O) groups excluding carboxylic acids is 1. The van der Waals surface area contributed by atoms with Gasteiger partial charge in [-0.25, -0.2) is 0 Å². The minimum absolute atomic E-state index is 0.0785. The molecule has 2 atom stereocenters. The molecule has 1 fully saturated rings. The van der Waals surface area contributed by atoms with E-state index in [0.29, 0.717) is 11.8 Å². The van der Waals surface area contributed by atoms with Crippen LogP contribution in [0.3, 0.4) is 0 Å². The van der Waals surface area contributed by atoms with E-state index < -0.39 is 0 Å². The molecule has 1 heterocycles. The average Bonchev–Trinajstić information content (AvgIpc) is 2.54. The van der Waals surface area contributed by atoms with Crippen LogP contribution in [0.25, 0.3) is 0 Å². The van der Waals surface area contributed by atoms with Gasteiger partial charge in [0, 0.05) is 18.8 Å². The Bertz CT molecular complexity index is 543. The van der Waals surface area contributed by atoms with Crippen molar-refractivity contribution in [1.29, 1.82) is 0 Å². The lowest BCUT2D eigenvalue weighted by Crippen LogP contribution is -2.45. The number of nitrogens with one attached hydrogen (secondary N) is 1. The lowest BCUT2D eigenvalue weighted by atomic mass is 9.97. The second kappa shape index (κ2) is 8.63. The topological polar surface area (TPSA) is 35.6 Å². The summed E-state index contributed by atoms with van der Waals surface area (Å²) in [6, 6.07) is 7.97. The molecule has 1 aromatic rings. The second-order valence-corrected chi connectivity index (χ2v) is 7.62. The summed E-state index contributed by atoms with van der Waals surface area (Å²) < 4.78 is 0. The first-order valence-corrected chi connectivity index (χ1v) is 9.17. The summed E-state index contributed by atoms with van der Waals surface area (Å²) >= 11 is 0. The van der Waals surface area contributed by atoms with Crippen molar-refractivity contribution in [2.24, 2.45) is 5.92 Å². The van der Waals surface area contributed by atoms with E-state index in [1.165, 1.54) is 24.9 Å². The monoisotopic (exact) mass is 331 g/mol. The Kier molecular flexibility index (Phi) is 6.81. The van der Waals surface area contributed by atoms with Crippen molar-refractivity contribution < 1.29 is 4.79 Å². The summed E-state index contributed by atoms with van der Waals surface area (Å²) in [6.07, 6.45) is 2.52. The van der Waals surface area contributed by atoms with Gasteiger partial charge in [-0.15, -0.1) is 0 Å². The zero-order valence-electron chi connectivity index (χ0n) is 15.9. The van der Waals surface area contributed by atoms with E-state index in [9.17, 15) is 4.79 Å². The molecule has 2 rings (SSSR count). The highest BCUT2D eigenvalue weighted by Crippen LogP contribution is 2.24. The summed E-state index contributed by atoms with van der Waals surface area (Å²) in [5.74, 6) is 1.13. The summed E-state index contributed by atoms with van der Waals surface area (Å²) in [5.41, 5.74) is 2.13. The van der Waals surface area contributed by atoms with Crippen molar-refractivity contribution in [3.8, 4) is 0 Å². The van der Waals surface area contributed by atoms with Crippen molar-refractivity contribution >= 4 is 11.6 Å². The van der Waals surface area contributed by atoms with E-state index in [2.05, 4.69) is 49.1 Å². The third-order valence-corrected chi connectivity index (χ3v) is 5.15. The van der Waals surface area contributed by atoms with Gasteiger partial charge >= 0.3 is 0 Å². The third-order valence-electron chi connectivity index (χ3n) is 5.15. The van der Waals surface area contributed by atoms with Gasteiger partial charge in [-0.1, -0.05) is 32.0 Å². The minimum atomic E-state index is -0.127. The van der Waals surface area contributed by atoms with Gasteiger partial charge in [0.1, 0.15) is 0 Å². The van der Waals surface area contributed by atoms with Crippen LogP contribution in [0, 0.1) is 5.92 Å². The van der Waals surface area contributed by atoms with Gasteiger partial charge in [0.15, 0.2) is 0 Å². The molecule has 1 amide bonds. The maximum Gasteiger partial charge on any atom is 0.241 e. The van der Waals surface area contributed by atoms with Crippen LogP contribution in [0.5, 0.6) is 0 Å². The molecule has 0 spiro atoms. The van der Waals surface area contributed by atoms with Crippen molar-refractivity contribution in [2.75, 3.05) is 39.0 Å². The predicted octanol–water partition coefficient (Wildman–Crippen LogP) is 3.41. The number of amides is 1. The van der Waals surface area contributed by atoms with Crippen LogP contribution in [-0.2, 0) is 4.79 Å². The molecule has 1 N–H and O–H groups in total. The van der Waals surface area contributed by atoms with Gasteiger partial charge in [-0.3, -0.25) is 9.69 Å². The molecule has 24 heavy (non-hydrogen) atoms. The molecule has 0 radical (unpaired) electrons. The van der Waals surface area contributed by atoms with Crippen LogP contribution in [0.1, 0.15) is 45.1 Å². The second-order valence-electron chi connectivity index (χ2n) is 7.62. The smallest absolute Gasteiger partial charge is 0.241 e. The van der Waals surface area contributed by atoms with Gasteiger partial charge in [-0.2, -0.15) is 0 Å². The van der Waals surface area contributed by atoms with Crippen LogP contribution in [0.2, 0.25) is 0 Å². The zero-order valence-corrected chi connectivity index (χ0v) is 15.9. The molecule has 1 aliphatic rings. The van der Waals surface area contributed by atoms with Crippen LogP contribution < -0.4 is 5.32 Å². The fourth-order valence-electron chi connectivity index (χ4n) is 3.54. The maximum absolute atomic E-state index is 12.7. The molecule has 1 aromatic carbocycles. The maximum atomic E-state index is 12.7. The highest BCUT2D eigenvalue weighted by molar-refractivity contribution is 5.95. The molecule has 1 saturated heterocycles. The normalized spacial score (nSPS) is 20.4. The summed E-state index contributed by atoms with van der Waals surface area (Å²) in [5, 5.41) is 3.13. The van der Waals surface area contributed by atoms with Gasteiger partial charge in [0.05, 0.1) is 6.04 Å². The summed E-state index contributed by atoms with van der Waals surface area (Å²) in [4.78, 5) is 17.3. The molecule has 0 unspecified atom stereocenters. The lowest BCUT2D eigenvalue weighted by Gasteiger charge is -2.34. The molecule has 4 heteroatoms. The Morgan fingerprint density at radius 3 is 2.71 bits per heavy atom. The molecule has 0 saturated carbocycles. The van der Waals surface area contributed by atoms with E-state index in [1.54, 1.807) is 0 Å². The highest BCUT2D eigenvalue weighted by atomic mass is 16.2. The fourth-order valence-corrected chi connectivity index (χ4v) is 3.54. The molecular formula is C20H33N3O. The molecule has 1 aliphatic heterocycles. The number of rotatable bonds is 6. The first-order chi connectivity index (χ1) is 11.4. The molecule has 134 valence electrons. The Morgan fingerprint density at radius 1 is 1.33 bits per heavy atom. The first-order valence-electron chi connectivity index (χ1n) is 9.17. The number of likely N-dealkylation sites (tertiary alicyclic amines) is 1. The number of anilines is 1. The van der Waals surface area contributed by atoms with Crippen LogP contribution in [0.15, 0.2) is 24.3 Å². The van der Waals surface area contributed by atoms with Crippen molar-refractivity contribution in [2.45, 2.75) is 45.6 Å². The van der Waals surface area contributed by atoms with Crippen molar-refractivity contribution in [3.05, 3.63) is 29.8 Å². The number of nitrogens with zero attached hydrogens (tertiary/aromatic N) is 2. The van der Waals surface area contributed by atoms with Crippen molar-refractivity contribution in [3.63, 3.8) is 0 Å². The largest absolute Gasteiger partial charge is 0.324 e. The van der Waals surface area contributed by atoms with Crippen LogP contribution >= 0.6 is 0 Å². The Labute approximate surface area is 147 Å². The van der Waals surface area contributed by atoms with E-state index in [-0.39, 0.29) is 11.9 Å². The zero-order chi connectivity index (χ0) is 17.7. The molecule has 4 nitrogen and oxygen atoms in total. The Hall–Kier alpha value is -1.39. The first kappa shape index (κ1) is 18.9. The SMILES string of the molecule is CC(C)c1ccccc1NC(=O)[C@@H](C)N(C)C[C@H]1CCCN(C)C1. The van der Waals surface area contributed by atoms with E-state index >= 15 is 0 Å². The number of piperidine rings is 1. The summed E-state index contributed by atoms with van der Waals surface area (Å²) in [6.45, 7) is 9.61. The highest BCUT2D eigenvalue weighted by Gasteiger charge is 2.24. The van der Waals surface area contributed by atoms with Gasteiger partial charge in [0.2, 0.25) is 5.91 Å². The number of carbonyl (C=O) groups is 1. The average molecular weight is 332 g/mol. The molecule has 0 bridgehead atoms. The van der Waals surface area contributed by atoms with E-state index in [4.69, 9.17) is 0 Å². The minimum Gasteiger partial charge on any atom is -0.324 e. The number of likely N-dealkylation sites (N-methyl/N-ethyl adjacent to an activating group) is 1. The summed E-state index contributed by atoms with van der Waals surface area (Å²) in [7, 11) is 4.25. The predicted molar refractivity (Wildman–Crippen MR) is 101 cm³/mol. The number of hydrogen-bond donors (Lipinski definition) is 1. The number of para-hydroxylation sites is 1. The van der Waals surface area contributed by atoms with E-state index in [0.717, 1.165) is 18.8 Å². The van der Waals surface area contributed by atoms with Crippen LogP contribution in [-0.4, -0.2) is 55.5 Å². The van der Waals surface area contributed by atoms with Crippen molar-refractivity contribution in [1.82, 2.24) is 9.80 Å². The number of benzene rings is 1. The molecule has 0 aliphatic carbocycles.